The first-order valence-corrected chi connectivity index (χ1v) is 7.19. The molecule has 0 amide bonds. The predicted octanol–water partition coefficient (Wildman–Crippen LogP) is 3.01. The minimum Gasteiger partial charge on any atom is -0.356 e. The van der Waals surface area contributed by atoms with Crippen molar-refractivity contribution in [2.45, 2.75) is 54.6 Å². The lowest BCUT2D eigenvalue weighted by Crippen LogP contribution is -2.69. The fourth-order valence-electron chi connectivity index (χ4n) is 5.11. The molecule has 5 rings (SSSR count). The lowest BCUT2D eigenvalue weighted by atomic mass is 9.47. The fourth-order valence-corrected chi connectivity index (χ4v) is 6.34. The molecule has 0 radical (unpaired) electrons. The van der Waals surface area contributed by atoms with Gasteiger partial charge in [-0.15, -0.1) is 0 Å². The van der Waals surface area contributed by atoms with Crippen molar-refractivity contribution >= 4 is 15.9 Å². The summed E-state index contributed by atoms with van der Waals surface area (Å²) in [5.74, 6) is 2.37. The molecule has 1 aliphatic heterocycles. The summed E-state index contributed by atoms with van der Waals surface area (Å²) in [4.78, 5) is 0. The van der Waals surface area contributed by atoms with Gasteiger partial charge in [-0.2, -0.15) is 5.26 Å². The van der Waals surface area contributed by atoms with Crippen LogP contribution in [-0.4, -0.2) is 16.0 Å². The van der Waals surface area contributed by atoms with Gasteiger partial charge in [0, 0.05) is 10.7 Å². The molecule has 0 aromatic heterocycles. The van der Waals surface area contributed by atoms with E-state index in [1.807, 2.05) is 0 Å². The van der Waals surface area contributed by atoms with E-state index in [4.69, 9.17) is 10.00 Å². The van der Waals surface area contributed by atoms with E-state index in [-0.39, 0.29) is 11.7 Å². The molecule has 5 fully saturated rings. The van der Waals surface area contributed by atoms with Gasteiger partial charge < -0.3 is 4.74 Å². The highest BCUT2D eigenvalue weighted by Gasteiger charge is 2.66. The van der Waals surface area contributed by atoms with Crippen LogP contribution in [-0.2, 0) is 4.74 Å². The van der Waals surface area contributed by atoms with E-state index in [2.05, 4.69) is 22.0 Å². The van der Waals surface area contributed by atoms with E-state index in [9.17, 15) is 0 Å². The first-order valence-electron chi connectivity index (χ1n) is 6.40. The summed E-state index contributed by atoms with van der Waals surface area (Å²) in [6.07, 6.45) is 7.52. The van der Waals surface area contributed by atoms with Crippen LogP contribution in [0, 0.1) is 29.1 Å². The molecule has 86 valence electrons. The first-order chi connectivity index (χ1) is 7.63. The normalized spacial score (nSPS) is 62.0. The standard InChI is InChI=1S/C13H16BrNO/c14-12-3-8-1-9(4-12)13(10(2-8)5-12)6-11(7-15)16-13/h8-11H,1-6H2/t8?,9-,10+,11?,12?,13?. The maximum absolute atomic E-state index is 8.89. The molecular weight excluding hydrogens is 266 g/mol. The van der Waals surface area contributed by atoms with Gasteiger partial charge in [0.15, 0.2) is 0 Å². The third-order valence-electron chi connectivity index (χ3n) is 5.51. The Labute approximate surface area is 104 Å². The van der Waals surface area contributed by atoms with Crippen LogP contribution in [0.1, 0.15) is 38.5 Å². The van der Waals surface area contributed by atoms with Gasteiger partial charge in [0.25, 0.3) is 0 Å². The molecule has 1 heterocycles. The van der Waals surface area contributed by atoms with Crippen molar-refractivity contribution < 1.29 is 4.74 Å². The number of nitrogens with zero attached hydrogens (tertiary/aromatic N) is 1. The molecule has 3 heteroatoms. The van der Waals surface area contributed by atoms with Crippen LogP contribution in [0.2, 0.25) is 0 Å². The molecule has 4 bridgehead atoms. The number of hydrogen-bond donors (Lipinski definition) is 0. The molecule has 0 aromatic rings. The van der Waals surface area contributed by atoms with E-state index in [0.717, 1.165) is 24.2 Å². The Balaban J connectivity index is 1.66. The van der Waals surface area contributed by atoms with Crippen molar-refractivity contribution in [1.29, 1.82) is 5.26 Å². The monoisotopic (exact) mass is 281 g/mol. The fraction of sp³-hybridized carbons (Fsp3) is 0.923. The van der Waals surface area contributed by atoms with Crippen molar-refractivity contribution in [1.82, 2.24) is 0 Å². The van der Waals surface area contributed by atoms with Crippen LogP contribution in [0.5, 0.6) is 0 Å². The van der Waals surface area contributed by atoms with Gasteiger partial charge in [0.1, 0.15) is 6.10 Å². The molecule has 0 N–H and O–H groups in total. The molecule has 6 atom stereocenters. The molecule has 2 nitrogen and oxygen atoms in total. The van der Waals surface area contributed by atoms with Crippen molar-refractivity contribution in [2.24, 2.45) is 17.8 Å². The van der Waals surface area contributed by atoms with Crippen LogP contribution in [0.15, 0.2) is 0 Å². The maximum atomic E-state index is 8.89. The summed E-state index contributed by atoms with van der Waals surface area (Å²) in [5, 5.41) is 8.89. The summed E-state index contributed by atoms with van der Waals surface area (Å²) in [5.41, 5.74) is 0.120. The smallest absolute Gasteiger partial charge is 0.147 e. The zero-order valence-corrected chi connectivity index (χ0v) is 10.9. The van der Waals surface area contributed by atoms with E-state index >= 15 is 0 Å². The van der Waals surface area contributed by atoms with E-state index in [1.54, 1.807) is 0 Å². The molecule has 5 aliphatic rings. The SMILES string of the molecule is N#CC1CC2(O1)[C@@H]1CC3C[C@H]2CC(Br)(C3)C1. The van der Waals surface area contributed by atoms with Crippen LogP contribution < -0.4 is 0 Å². The predicted molar refractivity (Wildman–Crippen MR) is 63.0 cm³/mol. The highest BCUT2D eigenvalue weighted by Crippen LogP contribution is 2.67. The molecule has 1 saturated heterocycles. The van der Waals surface area contributed by atoms with E-state index in [0.29, 0.717) is 4.32 Å². The van der Waals surface area contributed by atoms with Gasteiger partial charge in [0.2, 0.25) is 0 Å². The quantitative estimate of drug-likeness (QED) is 0.640. The second kappa shape index (κ2) is 2.84. The molecule has 16 heavy (non-hydrogen) atoms. The Kier molecular flexibility index (Phi) is 1.76. The Bertz CT molecular complexity index is 364. The Hall–Kier alpha value is -0.0700. The highest BCUT2D eigenvalue weighted by atomic mass is 79.9. The summed E-state index contributed by atoms with van der Waals surface area (Å²) >= 11 is 3.97. The van der Waals surface area contributed by atoms with Crippen LogP contribution >= 0.6 is 15.9 Å². The molecule has 4 unspecified atom stereocenters. The number of alkyl halides is 1. The molecule has 0 aromatic carbocycles. The highest BCUT2D eigenvalue weighted by molar-refractivity contribution is 9.10. The van der Waals surface area contributed by atoms with Gasteiger partial charge in [-0.25, -0.2) is 0 Å². The third kappa shape index (κ3) is 1.06. The van der Waals surface area contributed by atoms with E-state index in [1.165, 1.54) is 32.1 Å². The average Bonchev–Trinajstić information content (AvgIpc) is 2.12. The summed E-state index contributed by atoms with van der Waals surface area (Å²) < 4.78 is 6.44. The summed E-state index contributed by atoms with van der Waals surface area (Å²) in [6.45, 7) is 0. The van der Waals surface area contributed by atoms with Crippen LogP contribution in [0.4, 0.5) is 0 Å². The van der Waals surface area contributed by atoms with Gasteiger partial charge in [0.05, 0.1) is 11.7 Å². The molecular formula is C13H16BrNO. The van der Waals surface area contributed by atoms with E-state index < -0.39 is 0 Å². The van der Waals surface area contributed by atoms with Crippen molar-refractivity contribution in [3.05, 3.63) is 0 Å². The molecule has 1 spiro atoms. The number of nitriles is 1. The molecule has 4 saturated carbocycles. The lowest BCUT2D eigenvalue weighted by molar-refractivity contribution is -0.285. The largest absolute Gasteiger partial charge is 0.356 e. The van der Waals surface area contributed by atoms with Crippen molar-refractivity contribution in [2.75, 3.05) is 0 Å². The zero-order valence-electron chi connectivity index (χ0n) is 9.29. The Morgan fingerprint density at radius 2 is 1.75 bits per heavy atom. The van der Waals surface area contributed by atoms with Crippen LogP contribution in [0.3, 0.4) is 0 Å². The Morgan fingerprint density at radius 3 is 2.25 bits per heavy atom. The average molecular weight is 282 g/mol. The number of hydrogen-bond acceptors (Lipinski definition) is 2. The zero-order chi connectivity index (χ0) is 11.0. The number of halogens is 1. The van der Waals surface area contributed by atoms with Crippen molar-refractivity contribution in [3.8, 4) is 6.07 Å². The second-order valence-corrected chi connectivity index (χ2v) is 8.07. The van der Waals surface area contributed by atoms with Gasteiger partial charge in [-0.05, 0) is 49.9 Å². The topological polar surface area (TPSA) is 33.0 Å². The molecule has 4 aliphatic carbocycles. The minimum absolute atomic E-state index is 0.108. The number of ether oxygens (including phenoxy) is 1. The van der Waals surface area contributed by atoms with Gasteiger partial charge in [-0.3, -0.25) is 0 Å². The van der Waals surface area contributed by atoms with Crippen LogP contribution in [0.25, 0.3) is 0 Å². The third-order valence-corrected chi connectivity index (χ3v) is 6.48. The summed E-state index contributed by atoms with van der Waals surface area (Å²) in [7, 11) is 0. The maximum Gasteiger partial charge on any atom is 0.147 e. The summed E-state index contributed by atoms with van der Waals surface area (Å²) in [6, 6.07) is 2.26. The van der Waals surface area contributed by atoms with Gasteiger partial charge >= 0.3 is 0 Å². The second-order valence-electron chi connectivity index (χ2n) is 6.39. The van der Waals surface area contributed by atoms with Crippen molar-refractivity contribution in [3.63, 3.8) is 0 Å². The van der Waals surface area contributed by atoms with Gasteiger partial charge in [-0.1, -0.05) is 15.9 Å². The lowest BCUT2D eigenvalue weighted by Gasteiger charge is -2.67. The minimum atomic E-state index is -0.108. The Morgan fingerprint density at radius 1 is 1.12 bits per heavy atom. The number of rotatable bonds is 0. The first kappa shape index (κ1) is 9.91.